The van der Waals surface area contributed by atoms with Crippen molar-refractivity contribution in [3.63, 3.8) is 0 Å². The van der Waals surface area contributed by atoms with E-state index in [0.29, 0.717) is 6.54 Å². The van der Waals surface area contributed by atoms with E-state index in [-0.39, 0.29) is 12.5 Å². The summed E-state index contributed by atoms with van der Waals surface area (Å²) in [6, 6.07) is 14.3. The lowest BCUT2D eigenvalue weighted by Gasteiger charge is -2.30. The zero-order chi connectivity index (χ0) is 13.7. The van der Waals surface area contributed by atoms with E-state index in [1.807, 2.05) is 41.8 Å². The minimum atomic E-state index is -0.765. The maximum Gasteiger partial charge on any atom is 0.305 e. The molecule has 2 aromatic rings. The zero-order valence-corrected chi connectivity index (χ0v) is 11.6. The normalized spacial score (nSPS) is 12.1. The summed E-state index contributed by atoms with van der Waals surface area (Å²) in [6.07, 6.45) is 0.143. The number of nitrogens with zero attached hydrogens (tertiary/aromatic N) is 1. The fraction of sp³-hybridized carbons (Fsp3) is 0.267. The Bertz CT molecular complexity index is 510. The monoisotopic (exact) mass is 275 g/mol. The molecule has 0 spiro atoms. The lowest BCUT2D eigenvalue weighted by atomic mass is 10.2. The maximum absolute atomic E-state index is 10.8. The van der Waals surface area contributed by atoms with Crippen molar-refractivity contribution in [1.29, 1.82) is 0 Å². The van der Waals surface area contributed by atoms with Gasteiger partial charge in [-0.05, 0) is 30.5 Å². The Balaban J connectivity index is 2.21. The second-order valence-electron chi connectivity index (χ2n) is 4.36. The number of hydrogen-bond acceptors (Lipinski definition) is 3. The highest BCUT2D eigenvalue weighted by Crippen LogP contribution is 2.29. The van der Waals surface area contributed by atoms with Gasteiger partial charge in [0.2, 0.25) is 0 Å². The number of aliphatic carboxylic acids is 1. The summed E-state index contributed by atoms with van der Waals surface area (Å²) in [7, 11) is 0. The fourth-order valence-corrected chi connectivity index (χ4v) is 2.86. The average Bonchev–Trinajstić information content (AvgIpc) is 2.93. The number of carboxylic acids is 1. The Labute approximate surface area is 117 Å². The number of benzene rings is 1. The first-order valence-electron chi connectivity index (χ1n) is 6.25. The van der Waals surface area contributed by atoms with Crippen molar-refractivity contribution in [2.75, 3.05) is 11.4 Å². The number of carboxylic acid groups (broad SMARTS) is 1. The van der Waals surface area contributed by atoms with Crippen molar-refractivity contribution in [2.45, 2.75) is 19.4 Å². The number of anilines is 1. The van der Waals surface area contributed by atoms with Gasteiger partial charge < -0.3 is 10.0 Å². The highest BCUT2D eigenvalue weighted by atomic mass is 32.1. The largest absolute Gasteiger partial charge is 0.481 e. The molecule has 1 N–H and O–H groups in total. The van der Waals surface area contributed by atoms with E-state index in [2.05, 4.69) is 17.9 Å². The molecule has 1 unspecified atom stereocenters. The molecule has 0 saturated carbocycles. The molecule has 0 aliphatic heterocycles. The van der Waals surface area contributed by atoms with Gasteiger partial charge in [0.25, 0.3) is 0 Å². The molecule has 0 saturated heterocycles. The van der Waals surface area contributed by atoms with Crippen LogP contribution in [0.3, 0.4) is 0 Å². The Kier molecular flexibility index (Phi) is 4.58. The first-order valence-corrected chi connectivity index (χ1v) is 7.13. The summed E-state index contributed by atoms with van der Waals surface area (Å²) in [4.78, 5) is 14.2. The molecule has 0 radical (unpaired) electrons. The number of carbonyl (C=O) groups is 1. The molecule has 1 heterocycles. The van der Waals surface area contributed by atoms with Crippen LogP contribution in [0.1, 0.15) is 24.3 Å². The van der Waals surface area contributed by atoms with Crippen LogP contribution in [-0.4, -0.2) is 17.6 Å². The molecule has 19 heavy (non-hydrogen) atoms. The predicted octanol–water partition coefficient (Wildman–Crippen LogP) is 3.79. The van der Waals surface area contributed by atoms with E-state index in [4.69, 9.17) is 5.11 Å². The van der Waals surface area contributed by atoms with Gasteiger partial charge >= 0.3 is 5.97 Å². The lowest BCUT2D eigenvalue weighted by molar-refractivity contribution is -0.136. The first-order chi connectivity index (χ1) is 9.18. The first kappa shape index (κ1) is 13.6. The summed E-state index contributed by atoms with van der Waals surface area (Å²) < 4.78 is 0. The molecule has 0 amide bonds. The fourth-order valence-electron chi connectivity index (χ4n) is 2.06. The predicted molar refractivity (Wildman–Crippen MR) is 78.8 cm³/mol. The van der Waals surface area contributed by atoms with Crippen molar-refractivity contribution in [3.05, 3.63) is 52.7 Å². The molecular weight excluding hydrogens is 258 g/mol. The van der Waals surface area contributed by atoms with Gasteiger partial charge in [-0.25, -0.2) is 0 Å². The van der Waals surface area contributed by atoms with Crippen LogP contribution in [0, 0.1) is 0 Å². The molecule has 3 nitrogen and oxygen atoms in total. The van der Waals surface area contributed by atoms with Crippen LogP contribution in [-0.2, 0) is 4.79 Å². The molecule has 0 bridgehead atoms. The van der Waals surface area contributed by atoms with Crippen LogP contribution in [0.5, 0.6) is 0 Å². The summed E-state index contributed by atoms with van der Waals surface area (Å²) in [5.74, 6) is -0.765. The van der Waals surface area contributed by atoms with E-state index < -0.39 is 5.97 Å². The standard InChI is InChI=1S/C15H17NO2S/c1-12(14-8-5-11-19-14)16(10-9-15(17)18)13-6-3-2-4-7-13/h2-8,11-12H,9-10H2,1H3,(H,17,18). The van der Waals surface area contributed by atoms with Gasteiger partial charge in [0, 0.05) is 17.1 Å². The number of para-hydroxylation sites is 1. The van der Waals surface area contributed by atoms with E-state index in [1.165, 1.54) is 4.88 Å². The summed E-state index contributed by atoms with van der Waals surface area (Å²) in [6.45, 7) is 2.62. The number of hydrogen-bond donors (Lipinski definition) is 1. The molecule has 0 fully saturated rings. The summed E-state index contributed by atoms with van der Waals surface area (Å²) >= 11 is 1.70. The minimum absolute atomic E-state index is 0.143. The smallest absolute Gasteiger partial charge is 0.305 e. The Morgan fingerprint density at radius 3 is 2.58 bits per heavy atom. The van der Waals surface area contributed by atoms with E-state index in [9.17, 15) is 4.79 Å². The van der Waals surface area contributed by atoms with E-state index in [0.717, 1.165) is 5.69 Å². The zero-order valence-electron chi connectivity index (χ0n) is 10.8. The molecule has 1 aromatic heterocycles. The Hall–Kier alpha value is -1.81. The van der Waals surface area contributed by atoms with Crippen molar-refractivity contribution in [1.82, 2.24) is 0 Å². The SMILES string of the molecule is CC(c1cccs1)N(CCC(=O)O)c1ccccc1. The molecular formula is C15H17NO2S. The molecule has 0 aliphatic rings. The van der Waals surface area contributed by atoms with Crippen molar-refractivity contribution >= 4 is 23.0 Å². The van der Waals surface area contributed by atoms with Gasteiger partial charge in [0.1, 0.15) is 0 Å². The van der Waals surface area contributed by atoms with Gasteiger partial charge in [0.15, 0.2) is 0 Å². The highest BCUT2D eigenvalue weighted by molar-refractivity contribution is 7.10. The maximum atomic E-state index is 10.8. The molecule has 0 aliphatic carbocycles. The second-order valence-corrected chi connectivity index (χ2v) is 5.34. The van der Waals surface area contributed by atoms with Crippen LogP contribution in [0.2, 0.25) is 0 Å². The summed E-state index contributed by atoms with van der Waals surface area (Å²) in [5.41, 5.74) is 1.06. The van der Waals surface area contributed by atoms with Crippen LogP contribution >= 0.6 is 11.3 Å². The third-order valence-corrected chi connectivity index (χ3v) is 4.12. The Morgan fingerprint density at radius 2 is 2.00 bits per heavy atom. The van der Waals surface area contributed by atoms with E-state index in [1.54, 1.807) is 11.3 Å². The lowest BCUT2D eigenvalue weighted by Crippen LogP contribution is -2.28. The van der Waals surface area contributed by atoms with Crippen LogP contribution in [0.15, 0.2) is 47.8 Å². The topological polar surface area (TPSA) is 40.5 Å². The quantitative estimate of drug-likeness (QED) is 0.872. The van der Waals surface area contributed by atoms with Crippen molar-refractivity contribution < 1.29 is 9.90 Å². The van der Waals surface area contributed by atoms with Gasteiger partial charge in [-0.3, -0.25) is 4.79 Å². The highest BCUT2D eigenvalue weighted by Gasteiger charge is 2.17. The average molecular weight is 275 g/mol. The van der Waals surface area contributed by atoms with Gasteiger partial charge in [-0.15, -0.1) is 11.3 Å². The third kappa shape index (κ3) is 3.58. The van der Waals surface area contributed by atoms with Crippen molar-refractivity contribution in [2.24, 2.45) is 0 Å². The molecule has 100 valence electrons. The second kappa shape index (κ2) is 6.38. The van der Waals surface area contributed by atoms with Crippen LogP contribution < -0.4 is 4.90 Å². The number of thiophene rings is 1. The molecule has 4 heteroatoms. The van der Waals surface area contributed by atoms with Crippen molar-refractivity contribution in [3.8, 4) is 0 Å². The van der Waals surface area contributed by atoms with Gasteiger partial charge in [-0.1, -0.05) is 24.3 Å². The number of rotatable bonds is 6. The molecule has 1 aromatic carbocycles. The van der Waals surface area contributed by atoms with E-state index >= 15 is 0 Å². The molecule has 2 rings (SSSR count). The van der Waals surface area contributed by atoms with Gasteiger partial charge in [-0.2, -0.15) is 0 Å². The molecule has 1 atom stereocenters. The van der Waals surface area contributed by atoms with Gasteiger partial charge in [0.05, 0.1) is 12.5 Å². The minimum Gasteiger partial charge on any atom is -0.481 e. The third-order valence-electron chi connectivity index (χ3n) is 3.08. The Morgan fingerprint density at radius 1 is 1.26 bits per heavy atom. The van der Waals surface area contributed by atoms with Crippen LogP contribution in [0.25, 0.3) is 0 Å². The van der Waals surface area contributed by atoms with Crippen LogP contribution in [0.4, 0.5) is 5.69 Å². The summed E-state index contributed by atoms with van der Waals surface area (Å²) in [5, 5.41) is 10.9.